The number of hydrogen-bond donors (Lipinski definition) is 0. The number of nitrogens with zero attached hydrogens (tertiary/aromatic N) is 2. The summed E-state index contributed by atoms with van der Waals surface area (Å²) in [5, 5.41) is 2.47. The Labute approximate surface area is 246 Å². The van der Waals surface area contributed by atoms with Crippen LogP contribution in [-0.2, 0) is 16.2 Å². The van der Waals surface area contributed by atoms with Crippen LogP contribution >= 0.6 is 15.9 Å². The number of aromatic nitrogens is 2. The molecule has 0 fully saturated rings. The van der Waals surface area contributed by atoms with E-state index in [1.165, 1.54) is 33.0 Å². The highest BCUT2D eigenvalue weighted by molar-refractivity contribution is 9.10. The van der Waals surface area contributed by atoms with Crippen LogP contribution in [0.2, 0.25) is 0 Å². The van der Waals surface area contributed by atoms with Crippen molar-refractivity contribution in [2.75, 3.05) is 0 Å². The lowest BCUT2D eigenvalue weighted by molar-refractivity contribution is 0.125. The Hall–Kier alpha value is -3.11. The largest absolute Gasteiger partial charge is 0.457 e. The van der Waals surface area contributed by atoms with E-state index in [2.05, 4.69) is 125 Å². The second-order valence-corrected chi connectivity index (χ2v) is 14.9. The Kier molecular flexibility index (Phi) is 5.89. The smallest absolute Gasteiger partial charge is 0.137 e. The molecule has 40 heavy (non-hydrogen) atoms. The number of halogens is 1. The molecule has 6 rings (SSSR count). The van der Waals surface area contributed by atoms with Gasteiger partial charge in [0.05, 0.1) is 11.0 Å². The molecule has 3 aromatic carbocycles. The van der Waals surface area contributed by atoms with Gasteiger partial charge in [0.15, 0.2) is 0 Å². The van der Waals surface area contributed by atoms with Crippen molar-refractivity contribution in [3.8, 4) is 17.3 Å². The lowest BCUT2D eigenvalue weighted by Crippen LogP contribution is -2.42. The molecular formula is C36H39BrN2O. The molecule has 2 aromatic heterocycles. The van der Waals surface area contributed by atoms with Crippen LogP contribution < -0.4 is 4.74 Å². The summed E-state index contributed by atoms with van der Waals surface area (Å²) in [6, 6.07) is 23.7. The fraction of sp³-hybridized carbons (Fsp3) is 0.361. The first-order valence-electron chi connectivity index (χ1n) is 14.2. The van der Waals surface area contributed by atoms with Gasteiger partial charge in [0.1, 0.15) is 17.3 Å². The van der Waals surface area contributed by atoms with Gasteiger partial charge >= 0.3 is 0 Å². The highest BCUT2D eigenvalue weighted by atomic mass is 79.9. The molecule has 0 atom stereocenters. The summed E-state index contributed by atoms with van der Waals surface area (Å²) in [6.07, 6.45) is 1.94. The summed E-state index contributed by atoms with van der Waals surface area (Å²) in [5.41, 5.74) is 6.57. The summed E-state index contributed by atoms with van der Waals surface area (Å²) in [4.78, 5) is 4.92. The van der Waals surface area contributed by atoms with Crippen molar-refractivity contribution in [3.05, 3.63) is 94.1 Å². The summed E-state index contributed by atoms with van der Waals surface area (Å²) < 4.78 is 9.67. The van der Waals surface area contributed by atoms with E-state index in [1.54, 1.807) is 0 Å². The van der Waals surface area contributed by atoms with E-state index >= 15 is 0 Å². The van der Waals surface area contributed by atoms with Crippen LogP contribution in [-0.4, -0.2) is 9.55 Å². The summed E-state index contributed by atoms with van der Waals surface area (Å²) in [7, 11) is 0. The van der Waals surface area contributed by atoms with Gasteiger partial charge in [-0.3, -0.25) is 4.57 Å². The van der Waals surface area contributed by atoms with Crippen LogP contribution in [0.25, 0.3) is 27.6 Å². The van der Waals surface area contributed by atoms with Gasteiger partial charge in [0, 0.05) is 27.5 Å². The fourth-order valence-electron chi connectivity index (χ4n) is 6.52. The van der Waals surface area contributed by atoms with E-state index in [0.717, 1.165) is 27.3 Å². The maximum absolute atomic E-state index is 6.34. The van der Waals surface area contributed by atoms with Gasteiger partial charge in [0.2, 0.25) is 0 Å². The Morgan fingerprint density at radius 2 is 1.38 bits per heavy atom. The third kappa shape index (κ3) is 3.86. The molecule has 0 N–H and O–H groups in total. The van der Waals surface area contributed by atoms with Crippen LogP contribution in [0.4, 0.5) is 0 Å². The molecule has 0 spiro atoms. The molecule has 206 valence electrons. The van der Waals surface area contributed by atoms with E-state index < -0.39 is 0 Å². The topological polar surface area (TPSA) is 27.1 Å². The predicted octanol–water partition coefficient (Wildman–Crippen LogP) is 10.6. The molecule has 0 radical (unpaired) electrons. The molecular weight excluding hydrogens is 556 g/mol. The van der Waals surface area contributed by atoms with Gasteiger partial charge in [-0.2, -0.15) is 0 Å². The molecule has 0 aliphatic heterocycles. The summed E-state index contributed by atoms with van der Waals surface area (Å²) >= 11 is 3.56. The van der Waals surface area contributed by atoms with Crippen LogP contribution in [0.15, 0.2) is 77.4 Å². The van der Waals surface area contributed by atoms with Crippen LogP contribution in [0.3, 0.4) is 0 Å². The quantitative estimate of drug-likeness (QED) is 0.208. The van der Waals surface area contributed by atoms with Crippen molar-refractivity contribution in [2.45, 2.75) is 78.6 Å². The van der Waals surface area contributed by atoms with Crippen LogP contribution in [0.5, 0.6) is 11.5 Å². The van der Waals surface area contributed by atoms with Gasteiger partial charge in [0.25, 0.3) is 0 Å². The molecule has 2 heterocycles. The zero-order chi connectivity index (χ0) is 28.8. The van der Waals surface area contributed by atoms with Crippen molar-refractivity contribution < 1.29 is 4.74 Å². The summed E-state index contributed by atoms with van der Waals surface area (Å²) in [6.45, 7) is 21.2. The Morgan fingerprint density at radius 3 is 2.05 bits per heavy atom. The highest BCUT2D eigenvalue weighted by Crippen LogP contribution is 2.62. The van der Waals surface area contributed by atoms with Crippen molar-refractivity contribution in [3.63, 3.8) is 0 Å². The SMILES string of the molecule is CC(C)(C)c1ccnc(-n2c3cc(Oc4cccc(Br)c4)ccc3c3cc4c(cc32)C(C)(C)C(C)(C)C4(C)C)c1. The van der Waals surface area contributed by atoms with Crippen LogP contribution in [0.1, 0.15) is 79.0 Å². The minimum Gasteiger partial charge on any atom is -0.457 e. The Bertz CT molecular complexity index is 1800. The fourth-order valence-corrected chi connectivity index (χ4v) is 6.89. The third-order valence-corrected chi connectivity index (χ3v) is 10.7. The second kappa shape index (κ2) is 8.69. The van der Waals surface area contributed by atoms with E-state index in [9.17, 15) is 0 Å². The predicted molar refractivity (Wildman–Crippen MR) is 171 cm³/mol. The molecule has 0 saturated heterocycles. The van der Waals surface area contributed by atoms with Gasteiger partial charge in [-0.25, -0.2) is 4.98 Å². The lowest BCUT2D eigenvalue weighted by Gasteiger charge is -2.44. The van der Waals surface area contributed by atoms with Crippen LogP contribution in [0, 0.1) is 5.41 Å². The van der Waals surface area contributed by atoms with E-state index in [0.29, 0.717) is 0 Å². The first kappa shape index (κ1) is 27.1. The number of pyridine rings is 1. The van der Waals surface area contributed by atoms with Gasteiger partial charge in [-0.15, -0.1) is 0 Å². The Balaban J connectivity index is 1.67. The van der Waals surface area contributed by atoms with Gasteiger partial charge in [-0.1, -0.05) is 84.3 Å². The normalized spacial score (nSPS) is 17.4. The zero-order valence-electron chi connectivity index (χ0n) is 25.1. The maximum Gasteiger partial charge on any atom is 0.137 e. The van der Waals surface area contributed by atoms with Crippen molar-refractivity contribution in [2.24, 2.45) is 5.41 Å². The van der Waals surface area contributed by atoms with E-state index in [4.69, 9.17) is 9.72 Å². The van der Waals surface area contributed by atoms with Crippen molar-refractivity contribution in [1.82, 2.24) is 9.55 Å². The molecule has 0 amide bonds. The van der Waals surface area contributed by atoms with Crippen molar-refractivity contribution in [1.29, 1.82) is 0 Å². The standard InChI is InChI=1S/C36H39BrN2O/c1-33(2,3)22-15-16-38-32(17-22)39-30-19-25(40-24-12-10-11-23(37)18-24)13-14-26(30)27-20-28-29(21-31(27)39)35(6,7)36(8,9)34(28,4)5/h10-21H,1-9H3. The number of fused-ring (bicyclic) bond motifs is 4. The number of hydrogen-bond acceptors (Lipinski definition) is 2. The van der Waals surface area contributed by atoms with Gasteiger partial charge in [-0.05, 0) is 92.9 Å². The lowest BCUT2D eigenvalue weighted by atomic mass is 9.59. The van der Waals surface area contributed by atoms with E-state index in [1.807, 2.05) is 30.5 Å². The third-order valence-electron chi connectivity index (χ3n) is 10.2. The second-order valence-electron chi connectivity index (χ2n) is 14.0. The Morgan fingerprint density at radius 1 is 0.725 bits per heavy atom. The molecule has 1 aliphatic carbocycles. The van der Waals surface area contributed by atoms with Gasteiger partial charge < -0.3 is 4.74 Å². The molecule has 5 aromatic rings. The highest BCUT2D eigenvalue weighted by Gasteiger charge is 2.57. The molecule has 0 unspecified atom stereocenters. The molecule has 3 nitrogen and oxygen atoms in total. The maximum atomic E-state index is 6.34. The molecule has 4 heteroatoms. The minimum absolute atomic E-state index is 0.0109. The zero-order valence-corrected chi connectivity index (χ0v) is 26.7. The molecule has 0 saturated carbocycles. The average Bonchev–Trinajstić information content (AvgIpc) is 3.24. The van der Waals surface area contributed by atoms with E-state index in [-0.39, 0.29) is 21.7 Å². The first-order chi connectivity index (χ1) is 18.6. The molecule has 1 aliphatic rings. The monoisotopic (exact) mass is 594 g/mol. The number of rotatable bonds is 3. The average molecular weight is 596 g/mol. The summed E-state index contributed by atoms with van der Waals surface area (Å²) in [5.74, 6) is 2.53. The minimum atomic E-state index is 0.0109. The van der Waals surface area contributed by atoms with Crippen molar-refractivity contribution >= 4 is 37.7 Å². The molecule has 0 bridgehead atoms. The first-order valence-corrected chi connectivity index (χ1v) is 15.0. The number of benzene rings is 3. The number of ether oxygens (including phenoxy) is 1.